The minimum atomic E-state index is -0.630. The van der Waals surface area contributed by atoms with Crippen molar-refractivity contribution in [1.29, 1.82) is 0 Å². The van der Waals surface area contributed by atoms with Crippen LogP contribution in [-0.4, -0.2) is 22.1 Å². The topological polar surface area (TPSA) is 61.0 Å². The van der Waals surface area contributed by atoms with E-state index in [1.54, 1.807) is 0 Å². The largest absolute Gasteiger partial charge is 0.472 e. The summed E-state index contributed by atoms with van der Waals surface area (Å²) in [5, 5.41) is 0. The Morgan fingerprint density at radius 3 is 2.93 bits per heavy atom. The third-order valence-electron chi connectivity index (χ3n) is 2.36. The first-order valence-electron chi connectivity index (χ1n) is 4.65. The molecule has 0 spiro atoms. The van der Waals surface area contributed by atoms with Crippen molar-refractivity contribution in [2.24, 2.45) is 5.73 Å². The third-order valence-corrected chi connectivity index (χ3v) is 2.36. The number of ether oxygens (including phenoxy) is 1. The molecule has 5 heteroatoms. The molecule has 2 atom stereocenters. The van der Waals surface area contributed by atoms with Crippen LogP contribution in [0.15, 0.2) is 12.4 Å². The molecule has 1 aromatic rings. The molecular weight excluding hydrogens is 185 g/mol. The van der Waals surface area contributed by atoms with Gasteiger partial charge in [0.1, 0.15) is 6.10 Å². The van der Waals surface area contributed by atoms with E-state index in [9.17, 15) is 4.39 Å². The number of aromatic nitrogens is 2. The Balaban J connectivity index is 2.03. The summed E-state index contributed by atoms with van der Waals surface area (Å²) in [6, 6.07) is 0.0278. The zero-order valence-electron chi connectivity index (χ0n) is 7.69. The Morgan fingerprint density at radius 1 is 1.43 bits per heavy atom. The van der Waals surface area contributed by atoms with Gasteiger partial charge in [0.05, 0.1) is 12.4 Å². The van der Waals surface area contributed by atoms with Gasteiger partial charge < -0.3 is 10.5 Å². The SMILES string of the molecule is NC1CCCC1Oc1cncc(F)n1. The maximum absolute atomic E-state index is 12.7. The van der Waals surface area contributed by atoms with Gasteiger partial charge in [-0.05, 0) is 19.3 Å². The molecule has 76 valence electrons. The molecule has 2 rings (SSSR count). The normalized spacial score (nSPS) is 26.4. The van der Waals surface area contributed by atoms with Crippen LogP contribution in [0.4, 0.5) is 4.39 Å². The van der Waals surface area contributed by atoms with Crippen LogP contribution in [0.25, 0.3) is 0 Å². The van der Waals surface area contributed by atoms with Crippen LogP contribution >= 0.6 is 0 Å². The Bertz CT molecular complexity index is 321. The fraction of sp³-hybridized carbons (Fsp3) is 0.556. The van der Waals surface area contributed by atoms with E-state index in [4.69, 9.17) is 10.5 Å². The van der Waals surface area contributed by atoms with E-state index in [1.165, 1.54) is 6.20 Å². The maximum Gasteiger partial charge on any atom is 0.235 e. The van der Waals surface area contributed by atoms with Crippen molar-refractivity contribution in [2.45, 2.75) is 31.4 Å². The highest BCUT2D eigenvalue weighted by atomic mass is 19.1. The average molecular weight is 197 g/mol. The predicted molar refractivity (Wildman–Crippen MR) is 48.2 cm³/mol. The van der Waals surface area contributed by atoms with Gasteiger partial charge in [0.2, 0.25) is 11.8 Å². The smallest absolute Gasteiger partial charge is 0.235 e. The molecule has 1 aliphatic rings. The standard InChI is InChI=1S/C9H12FN3O/c10-8-4-12-5-9(13-8)14-7-3-1-2-6(7)11/h4-7H,1-3,11H2. The van der Waals surface area contributed by atoms with Crippen molar-refractivity contribution in [3.63, 3.8) is 0 Å². The third kappa shape index (κ3) is 1.98. The zero-order chi connectivity index (χ0) is 9.97. The highest BCUT2D eigenvalue weighted by Gasteiger charge is 2.25. The molecule has 1 aromatic heterocycles. The first kappa shape index (κ1) is 9.33. The lowest BCUT2D eigenvalue weighted by atomic mass is 10.2. The van der Waals surface area contributed by atoms with Gasteiger partial charge in [-0.2, -0.15) is 9.37 Å². The van der Waals surface area contributed by atoms with E-state index in [0.29, 0.717) is 0 Å². The zero-order valence-corrected chi connectivity index (χ0v) is 7.69. The van der Waals surface area contributed by atoms with Crippen LogP contribution in [0.2, 0.25) is 0 Å². The van der Waals surface area contributed by atoms with Crippen molar-refractivity contribution >= 4 is 0 Å². The molecule has 2 N–H and O–H groups in total. The second-order valence-electron chi connectivity index (χ2n) is 3.43. The Morgan fingerprint density at radius 2 is 2.29 bits per heavy atom. The van der Waals surface area contributed by atoms with Gasteiger partial charge >= 0.3 is 0 Å². The fourth-order valence-corrected chi connectivity index (χ4v) is 1.64. The summed E-state index contributed by atoms with van der Waals surface area (Å²) in [7, 11) is 0. The van der Waals surface area contributed by atoms with Gasteiger partial charge in [-0.25, -0.2) is 0 Å². The molecule has 0 amide bonds. The predicted octanol–water partition coefficient (Wildman–Crippen LogP) is 0.874. The Labute approximate surface area is 81.3 Å². The number of nitrogens with two attached hydrogens (primary N) is 1. The minimum Gasteiger partial charge on any atom is -0.472 e. The first-order chi connectivity index (χ1) is 6.75. The highest BCUT2D eigenvalue weighted by Crippen LogP contribution is 2.21. The maximum atomic E-state index is 12.7. The van der Waals surface area contributed by atoms with Gasteiger partial charge in [0.25, 0.3) is 0 Å². The molecule has 0 bridgehead atoms. The van der Waals surface area contributed by atoms with Crippen LogP contribution in [-0.2, 0) is 0 Å². The number of hydrogen-bond acceptors (Lipinski definition) is 4. The second-order valence-corrected chi connectivity index (χ2v) is 3.43. The molecule has 2 unspecified atom stereocenters. The molecule has 1 saturated carbocycles. The van der Waals surface area contributed by atoms with Crippen molar-refractivity contribution in [2.75, 3.05) is 0 Å². The van der Waals surface area contributed by atoms with E-state index in [2.05, 4.69) is 9.97 Å². The molecule has 1 heterocycles. The van der Waals surface area contributed by atoms with Crippen LogP contribution in [0.1, 0.15) is 19.3 Å². The van der Waals surface area contributed by atoms with E-state index >= 15 is 0 Å². The number of nitrogens with zero attached hydrogens (tertiary/aromatic N) is 2. The van der Waals surface area contributed by atoms with Crippen LogP contribution in [0.5, 0.6) is 5.88 Å². The number of hydrogen-bond donors (Lipinski definition) is 1. The summed E-state index contributed by atoms with van der Waals surface area (Å²) in [6.45, 7) is 0. The summed E-state index contributed by atoms with van der Waals surface area (Å²) in [5.74, 6) is -0.415. The molecule has 1 fully saturated rings. The molecule has 0 radical (unpaired) electrons. The van der Waals surface area contributed by atoms with E-state index < -0.39 is 5.95 Å². The summed E-state index contributed by atoms with van der Waals surface area (Å²) in [6.07, 6.45) is 5.29. The Kier molecular flexibility index (Phi) is 2.58. The Hall–Kier alpha value is -1.23. The number of rotatable bonds is 2. The molecule has 1 aliphatic carbocycles. The van der Waals surface area contributed by atoms with E-state index in [0.717, 1.165) is 25.5 Å². The first-order valence-corrected chi connectivity index (χ1v) is 4.65. The molecule has 0 saturated heterocycles. The quantitative estimate of drug-likeness (QED) is 0.764. The molecular formula is C9H12FN3O. The lowest BCUT2D eigenvalue weighted by Crippen LogP contribution is -2.33. The molecule has 4 nitrogen and oxygen atoms in total. The van der Waals surface area contributed by atoms with Crippen molar-refractivity contribution in [3.8, 4) is 5.88 Å². The van der Waals surface area contributed by atoms with Crippen molar-refractivity contribution in [1.82, 2.24) is 9.97 Å². The highest BCUT2D eigenvalue weighted by molar-refractivity contribution is 5.04. The van der Waals surface area contributed by atoms with Gasteiger partial charge in [0, 0.05) is 6.04 Å². The molecule has 0 aliphatic heterocycles. The molecule has 14 heavy (non-hydrogen) atoms. The van der Waals surface area contributed by atoms with E-state index in [-0.39, 0.29) is 18.0 Å². The average Bonchev–Trinajstić information content (AvgIpc) is 2.52. The molecule has 0 aromatic carbocycles. The van der Waals surface area contributed by atoms with Crippen molar-refractivity contribution < 1.29 is 9.13 Å². The lowest BCUT2D eigenvalue weighted by Gasteiger charge is -2.16. The van der Waals surface area contributed by atoms with E-state index in [1.807, 2.05) is 0 Å². The van der Waals surface area contributed by atoms with Gasteiger partial charge in [-0.3, -0.25) is 4.98 Å². The summed E-state index contributed by atoms with van der Waals surface area (Å²) >= 11 is 0. The van der Waals surface area contributed by atoms with Gasteiger partial charge in [0.15, 0.2) is 0 Å². The van der Waals surface area contributed by atoms with Gasteiger partial charge in [-0.15, -0.1) is 0 Å². The van der Waals surface area contributed by atoms with Crippen molar-refractivity contribution in [3.05, 3.63) is 18.3 Å². The summed E-state index contributed by atoms with van der Waals surface area (Å²) < 4.78 is 18.1. The fourth-order valence-electron chi connectivity index (χ4n) is 1.64. The van der Waals surface area contributed by atoms with Crippen LogP contribution in [0.3, 0.4) is 0 Å². The minimum absolute atomic E-state index is 0.0278. The van der Waals surface area contributed by atoms with Crippen LogP contribution in [0, 0.1) is 5.95 Å². The monoisotopic (exact) mass is 197 g/mol. The lowest BCUT2D eigenvalue weighted by molar-refractivity contribution is 0.181. The second kappa shape index (κ2) is 3.88. The van der Waals surface area contributed by atoms with Crippen LogP contribution < -0.4 is 10.5 Å². The number of halogens is 1. The van der Waals surface area contributed by atoms with Gasteiger partial charge in [-0.1, -0.05) is 0 Å². The summed E-state index contributed by atoms with van der Waals surface area (Å²) in [4.78, 5) is 7.21. The summed E-state index contributed by atoms with van der Waals surface area (Å²) in [5.41, 5.74) is 5.80.